The number of benzene rings is 3. The largest absolute Gasteiger partial charge is 0.423 e. The van der Waals surface area contributed by atoms with Crippen LogP contribution in [0.1, 0.15) is 26.3 Å². The first-order valence-electron chi connectivity index (χ1n) is 8.19. The first-order chi connectivity index (χ1) is 13.5. The number of rotatable bonds is 5. The van der Waals surface area contributed by atoms with Gasteiger partial charge in [0.15, 0.2) is 0 Å². The molecule has 0 bridgehead atoms. The van der Waals surface area contributed by atoms with Gasteiger partial charge in [-0.25, -0.2) is 10.2 Å². The SMILES string of the molecule is O=C(N/N=C/c1cccc(OC(=O)c2ccc(Cl)cc2Cl)c1)c1ccccc1. The highest BCUT2D eigenvalue weighted by molar-refractivity contribution is 6.36. The summed E-state index contributed by atoms with van der Waals surface area (Å²) in [6, 6.07) is 20.0. The van der Waals surface area contributed by atoms with E-state index in [4.69, 9.17) is 27.9 Å². The van der Waals surface area contributed by atoms with Crippen LogP contribution in [0.4, 0.5) is 0 Å². The van der Waals surface area contributed by atoms with Gasteiger partial charge in [0.1, 0.15) is 5.75 Å². The van der Waals surface area contributed by atoms with E-state index in [1.807, 2.05) is 6.07 Å². The van der Waals surface area contributed by atoms with Gasteiger partial charge in [0.2, 0.25) is 0 Å². The van der Waals surface area contributed by atoms with E-state index in [2.05, 4.69) is 10.5 Å². The Labute approximate surface area is 171 Å². The molecular formula is C21H14Cl2N2O3. The number of ether oxygens (including phenoxy) is 1. The average Bonchev–Trinajstić information content (AvgIpc) is 2.68. The molecular weight excluding hydrogens is 399 g/mol. The van der Waals surface area contributed by atoms with Crippen LogP contribution in [0.2, 0.25) is 10.0 Å². The third-order valence-electron chi connectivity index (χ3n) is 3.64. The fraction of sp³-hybridized carbons (Fsp3) is 0. The molecule has 5 nitrogen and oxygen atoms in total. The second-order valence-corrected chi connectivity index (χ2v) is 6.49. The van der Waals surface area contributed by atoms with Gasteiger partial charge >= 0.3 is 5.97 Å². The summed E-state index contributed by atoms with van der Waals surface area (Å²) in [5.41, 5.74) is 3.79. The predicted octanol–water partition coefficient (Wildman–Crippen LogP) is 4.98. The van der Waals surface area contributed by atoms with Crippen LogP contribution in [0.3, 0.4) is 0 Å². The zero-order chi connectivity index (χ0) is 19.9. The summed E-state index contributed by atoms with van der Waals surface area (Å²) in [6.07, 6.45) is 1.45. The minimum absolute atomic E-state index is 0.207. The summed E-state index contributed by atoms with van der Waals surface area (Å²) in [6.45, 7) is 0. The summed E-state index contributed by atoms with van der Waals surface area (Å²) in [5, 5.41) is 4.55. The lowest BCUT2D eigenvalue weighted by Gasteiger charge is -2.06. The van der Waals surface area contributed by atoms with Crippen molar-refractivity contribution in [3.8, 4) is 5.75 Å². The number of carbonyl (C=O) groups excluding carboxylic acids is 2. The Morgan fingerprint density at radius 2 is 1.71 bits per heavy atom. The molecule has 0 saturated heterocycles. The van der Waals surface area contributed by atoms with Crippen molar-refractivity contribution in [2.45, 2.75) is 0 Å². The number of nitrogens with one attached hydrogen (secondary N) is 1. The zero-order valence-electron chi connectivity index (χ0n) is 14.4. The minimum Gasteiger partial charge on any atom is -0.423 e. The van der Waals surface area contributed by atoms with Gasteiger partial charge in [-0.15, -0.1) is 0 Å². The average molecular weight is 413 g/mol. The molecule has 3 aromatic rings. The van der Waals surface area contributed by atoms with Crippen molar-refractivity contribution in [3.63, 3.8) is 0 Å². The molecule has 0 spiro atoms. The number of hydrogen-bond acceptors (Lipinski definition) is 4. The summed E-state index contributed by atoms with van der Waals surface area (Å²) in [5.74, 6) is -0.612. The smallest absolute Gasteiger partial charge is 0.345 e. The molecule has 7 heteroatoms. The number of halogens is 2. The third kappa shape index (κ3) is 5.19. The molecule has 0 fully saturated rings. The van der Waals surface area contributed by atoms with Crippen LogP contribution in [0.25, 0.3) is 0 Å². The second kappa shape index (κ2) is 9.17. The summed E-state index contributed by atoms with van der Waals surface area (Å²) >= 11 is 11.9. The monoisotopic (exact) mass is 412 g/mol. The maximum Gasteiger partial charge on any atom is 0.345 e. The lowest BCUT2D eigenvalue weighted by Crippen LogP contribution is -2.17. The predicted molar refractivity (Wildman–Crippen MR) is 109 cm³/mol. The molecule has 0 unspecified atom stereocenters. The zero-order valence-corrected chi connectivity index (χ0v) is 15.9. The molecule has 1 N–H and O–H groups in total. The van der Waals surface area contributed by atoms with Gasteiger partial charge in [-0.05, 0) is 48.0 Å². The van der Waals surface area contributed by atoms with Crippen molar-refractivity contribution >= 4 is 41.3 Å². The van der Waals surface area contributed by atoms with Gasteiger partial charge < -0.3 is 4.74 Å². The maximum absolute atomic E-state index is 12.3. The van der Waals surface area contributed by atoms with E-state index < -0.39 is 5.97 Å². The Morgan fingerprint density at radius 3 is 2.46 bits per heavy atom. The van der Waals surface area contributed by atoms with Gasteiger partial charge in [0, 0.05) is 10.6 Å². The van der Waals surface area contributed by atoms with Crippen molar-refractivity contribution in [1.29, 1.82) is 0 Å². The molecule has 140 valence electrons. The van der Waals surface area contributed by atoms with Crippen molar-refractivity contribution < 1.29 is 14.3 Å². The minimum atomic E-state index is -0.604. The molecule has 0 aliphatic heterocycles. The second-order valence-electron chi connectivity index (χ2n) is 5.65. The lowest BCUT2D eigenvalue weighted by molar-refractivity contribution is 0.0734. The molecule has 0 aliphatic rings. The topological polar surface area (TPSA) is 67.8 Å². The van der Waals surface area contributed by atoms with E-state index in [-0.39, 0.29) is 16.5 Å². The lowest BCUT2D eigenvalue weighted by atomic mass is 10.2. The van der Waals surface area contributed by atoms with E-state index in [1.54, 1.807) is 54.6 Å². The van der Waals surface area contributed by atoms with Crippen molar-refractivity contribution in [2.75, 3.05) is 0 Å². The van der Waals surface area contributed by atoms with E-state index in [0.717, 1.165) is 0 Å². The van der Waals surface area contributed by atoms with Crippen LogP contribution in [0.15, 0.2) is 77.9 Å². The van der Waals surface area contributed by atoms with Crippen LogP contribution in [0.5, 0.6) is 5.75 Å². The first-order valence-corrected chi connectivity index (χ1v) is 8.94. The number of carbonyl (C=O) groups is 2. The van der Waals surface area contributed by atoms with E-state index in [1.165, 1.54) is 18.3 Å². The Morgan fingerprint density at radius 1 is 0.929 bits per heavy atom. The van der Waals surface area contributed by atoms with E-state index in [9.17, 15) is 9.59 Å². The third-order valence-corrected chi connectivity index (χ3v) is 4.18. The molecule has 1 amide bonds. The highest BCUT2D eigenvalue weighted by Gasteiger charge is 2.13. The van der Waals surface area contributed by atoms with Crippen LogP contribution in [-0.4, -0.2) is 18.1 Å². The van der Waals surface area contributed by atoms with E-state index in [0.29, 0.717) is 21.9 Å². The Kier molecular flexibility index (Phi) is 6.42. The van der Waals surface area contributed by atoms with Crippen LogP contribution < -0.4 is 10.2 Å². The van der Waals surface area contributed by atoms with Crippen LogP contribution in [-0.2, 0) is 0 Å². The summed E-state index contributed by atoms with van der Waals surface area (Å²) in [4.78, 5) is 24.2. The molecule has 0 aromatic heterocycles. The van der Waals surface area contributed by atoms with Gasteiger partial charge in [-0.3, -0.25) is 4.79 Å². The van der Waals surface area contributed by atoms with Gasteiger partial charge in [-0.2, -0.15) is 5.10 Å². The standard InChI is InChI=1S/C21H14Cl2N2O3/c22-16-9-10-18(19(23)12-16)21(27)28-17-8-4-5-14(11-17)13-24-25-20(26)15-6-2-1-3-7-15/h1-13H,(H,25,26)/b24-13+. The Hall–Kier alpha value is -3.15. The highest BCUT2D eigenvalue weighted by atomic mass is 35.5. The van der Waals surface area contributed by atoms with Crippen molar-refractivity contribution in [1.82, 2.24) is 5.43 Å². The summed E-state index contributed by atoms with van der Waals surface area (Å²) in [7, 11) is 0. The maximum atomic E-state index is 12.3. The van der Waals surface area contributed by atoms with Crippen molar-refractivity contribution in [2.24, 2.45) is 5.10 Å². The molecule has 0 saturated carbocycles. The normalized spacial score (nSPS) is 10.6. The fourth-order valence-corrected chi connectivity index (χ4v) is 2.78. The molecule has 0 atom stereocenters. The molecule has 28 heavy (non-hydrogen) atoms. The highest BCUT2D eigenvalue weighted by Crippen LogP contribution is 2.23. The quantitative estimate of drug-likeness (QED) is 0.278. The van der Waals surface area contributed by atoms with Gasteiger partial charge in [0.05, 0.1) is 16.8 Å². The van der Waals surface area contributed by atoms with Gasteiger partial charge in [0.25, 0.3) is 5.91 Å². The molecule has 0 aliphatic carbocycles. The number of amides is 1. The van der Waals surface area contributed by atoms with E-state index >= 15 is 0 Å². The molecule has 3 rings (SSSR count). The van der Waals surface area contributed by atoms with Gasteiger partial charge in [-0.1, -0.05) is 53.5 Å². The number of esters is 1. The molecule has 0 radical (unpaired) electrons. The number of hydrazone groups is 1. The number of nitrogens with zero attached hydrogens (tertiary/aromatic N) is 1. The molecule has 3 aromatic carbocycles. The van der Waals surface area contributed by atoms with Crippen LogP contribution >= 0.6 is 23.2 Å². The molecule has 0 heterocycles. The first kappa shape index (κ1) is 19.6. The Bertz CT molecular complexity index is 1040. The van der Waals surface area contributed by atoms with Crippen molar-refractivity contribution in [3.05, 3.63) is 99.5 Å². The Balaban J connectivity index is 1.65. The number of hydrogen-bond donors (Lipinski definition) is 1. The van der Waals surface area contributed by atoms with Crippen LogP contribution in [0, 0.1) is 0 Å². The summed E-state index contributed by atoms with van der Waals surface area (Å²) < 4.78 is 5.34. The fourth-order valence-electron chi connectivity index (χ4n) is 2.29.